The fraction of sp³-hybridized carbons (Fsp3) is 0.0667. The van der Waals surface area contributed by atoms with Gasteiger partial charge in [0.05, 0.1) is 4.92 Å². The number of hydrogen-bond acceptors (Lipinski definition) is 3. The Morgan fingerprint density at radius 1 is 1.05 bits per heavy atom. The topological polar surface area (TPSA) is 52.4 Å². The Morgan fingerprint density at radius 2 is 1.79 bits per heavy atom. The first kappa shape index (κ1) is 11.5. The molecule has 1 aliphatic heterocycles. The number of nitro benzene ring substituents is 1. The first-order chi connectivity index (χ1) is 9.24. The van der Waals surface area contributed by atoms with Crippen LogP contribution in [0.2, 0.25) is 0 Å². The van der Waals surface area contributed by atoms with Crippen molar-refractivity contribution in [2.24, 2.45) is 0 Å². The molecule has 4 heteroatoms. The van der Waals surface area contributed by atoms with Crippen molar-refractivity contribution in [3.63, 3.8) is 0 Å². The summed E-state index contributed by atoms with van der Waals surface area (Å²) in [4.78, 5) is 10.2. The lowest BCUT2D eigenvalue weighted by atomic mass is 10.0. The summed E-state index contributed by atoms with van der Waals surface area (Å²) in [5, 5.41) is 10.6. The van der Waals surface area contributed by atoms with Crippen molar-refractivity contribution in [2.75, 3.05) is 0 Å². The number of benzene rings is 2. The van der Waals surface area contributed by atoms with Crippen LogP contribution in [-0.2, 0) is 6.42 Å². The highest BCUT2D eigenvalue weighted by atomic mass is 16.6. The van der Waals surface area contributed by atoms with Gasteiger partial charge >= 0.3 is 0 Å². The Hall–Kier alpha value is -2.62. The van der Waals surface area contributed by atoms with Crippen LogP contribution in [0.4, 0.5) is 5.69 Å². The Kier molecular flexibility index (Phi) is 2.76. The van der Waals surface area contributed by atoms with Crippen molar-refractivity contribution in [1.29, 1.82) is 0 Å². The van der Waals surface area contributed by atoms with Crippen molar-refractivity contribution in [1.82, 2.24) is 0 Å². The molecule has 4 nitrogen and oxygen atoms in total. The maximum absolute atomic E-state index is 10.6. The van der Waals surface area contributed by atoms with Crippen molar-refractivity contribution in [2.45, 2.75) is 6.42 Å². The number of non-ortho nitro benzene ring substituents is 1. The zero-order valence-corrected chi connectivity index (χ0v) is 10.1. The lowest BCUT2D eigenvalue weighted by Crippen LogP contribution is -2.03. The monoisotopic (exact) mass is 253 g/mol. The molecular weight excluding hydrogens is 242 g/mol. The Bertz CT molecular complexity index is 659. The van der Waals surface area contributed by atoms with Crippen molar-refractivity contribution < 1.29 is 9.66 Å². The van der Waals surface area contributed by atoms with Gasteiger partial charge in [0.1, 0.15) is 11.5 Å². The number of rotatable bonds is 2. The highest BCUT2D eigenvalue weighted by molar-refractivity contribution is 5.66. The van der Waals surface area contributed by atoms with Gasteiger partial charge in [-0.15, -0.1) is 0 Å². The van der Waals surface area contributed by atoms with Crippen LogP contribution in [0, 0.1) is 10.1 Å². The zero-order chi connectivity index (χ0) is 13.2. The molecule has 0 bridgehead atoms. The molecule has 0 N–H and O–H groups in total. The minimum Gasteiger partial charge on any atom is -0.457 e. The van der Waals surface area contributed by atoms with Gasteiger partial charge in [-0.1, -0.05) is 18.2 Å². The van der Waals surface area contributed by atoms with E-state index in [2.05, 4.69) is 0 Å². The van der Waals surface area contributed by atoms with Gasteiger partial charge in [-0.2, -0.15) is 0 Å². The Morgan fingerprint density at radius 3 is 2.53 bits per heavy atom. The lowest BCUT2D eigenvalue weighted by Gasteiger charge is -2.18. The molecule has 0 radical (unpaired) electrons. The van der Waals surface area contributed by atoms with Crippen molar-refractivity contribution in [3.8, 4) is 5.75 Å². The van der Waals surface area contributed by atoms with E-state index in [0.717, 1.165) is 29.1 Å². The highest BCUT2D eigenvalue weighted by Gasteiger charge is 2.14. The Balaban J connectivity index is 1.88. The summed E-state index contributed by atoms with van der Waals surface area (Å²) >= 11 is 0. The maximum atomic E-state index is 10.6. The van der Waals surface area contributed by atoms with E-state index < -0.39 is 4.92 Å². The van der Waals surface area contributed by atoms with E-state index in [4.69, 9.17) is 4.74 Å². The molecule has 0 saturated heterocycles. The fourth-order valence-corrected chi connectivity index (χ4v) is 2.06. The van der Waals surface area contributed by atoms with Crippen molar-refractivity contribution >= 4 is 11.4 Å². The minimum absolute atomic E-state index is 0.0839. The van der Waals surface area contributed by atoms with Gasteiger partial charge in [-0.25, -0.2) is 0 Å². The molecule has 2 aromatic carbocycles. The molecule has 0 atom stereocenters. The second-order valence-corrected chi connectivity index (χ2v) is 4.29. The average Bonchev–Trinajstić information content (AvgIpc) is 2.47. The second-order valence-electron chi connectivity index (χ2n) is 4.29. The number of para-hydroxylation sites is 1. The third-order valence-electron chi connectivity index (χ3n) is 3.06. The molecule has 1 aliphatic rings. The van der Waals surface area contributed by atoms with Crippen LogP contribution >= 0.6 is 0 Å². The zero-order valence-electron chi connectivity index (χ0n) is 10.1. The standard InChI is InChI=1S/C15H11NO3/c17-16(18)13-8-5-12(6-9-13)15-10-7-11-3-1-2-4-14(11)19-15/h1-6,8-10H,7H2. The third kappa shape index (κ3) is 2.20. The number of ether oxygens (including phenoxy) is 1. The van der Waals surface area contributed by atoms with E-state index in [1.165, 1.54) is 12.1 Å². The first-order valence-electron chi connectivity index (χ1n) is 5.95. The van der Waals surface area contributed by atoms with Crippen LogP contribution in [0.1, 0.15) is 11.1 Å². The smallest absolute Gasteiger partial charge is 0.269 e. The molecule has 0 aromatic heterocycles. The second kappa shape index (κ2) is 4.57. The van der Waals surface area contributed by atoms with E-state index in [-0.39, 0.29) is 5.69 Å². The molecule has 94 valence electrons. The molecule has 0 unspecified atom stereocenters. The SMILES string of the molecule is O=[N+]([O-])c1ccc(C2=CCc3ccccc3O2)cc1. The molecule has 0 aliphatic carbocycles. The summed E-state index contributed by atoms with van der Waals surface area (Å²) in [6.07, 6.45) is 2.80. The van der Waals surface area contributed by atoms with Gasteiger partial charge < -0.3 is 4.74 Å². The fourth-order valence-electron chi connectivity index (χ4n) is 2.06. The summed E-state index contributed by atoms with van der Waals surface area (Å²) in [6.45, 7) is 0. The Labute approximate surface area is 110 Å². The normalized spacial score (nSPS) is 13.2. The molecule has 1 heterocycles. The summed E-state index contributed by atoms with van der Waals surface area (Å²) in [5.41, 5.74) is 2.08. The average molecular weight is 253 g/mol. The van der Waals surface area contributed by atoms with Gasteiger partial charge in [0.2, 0.25) is 0 Å². The van der Waals surface area contributed by atoms with Crippen LogP contribution in [0.3, 0.4) is 0 Å². The molecule has 2 aromatic rings. The van der Waals surface area contributed by atoms with Crippen LogP contribution in [0.5, 0.6) is 5.75 Å². The van der Waals surface area contributed by atoms with Gasteiger partial charge in [-0.3, -0.25) is 10.1 Å². The summed E-state index contributed by atoms with van der Waals surface area (Å²) in [7, 11) is 0. The number of nitrogens with zero attached hydrogens (tertiary/aromatic N) is 1. The molecule has 0 spiro atoms. The van der Waals surface area contributed by atoms with Gasteiger partial charge in [-0.05, 0) is 36.3 Å². The molecule has 0 fully saturated rings. The maximum Gasteiger partial charge on any atom is 0.269 e. The molecule has 0 saturated carbocycles. The third-order valence-corrected chi connectivity index (χ3v) is 3.06. The van der Waals surface area contributed by atoms with Gasteiger partial charge in [0.15, 0.2) is 0 Å². The molecule has 19 heavy (non-hydrogen) atoms. The van der Waals surface area contributed by atoms with E-state index in [0.29, 0.717) is 0 Å². The minimum atomic E-state index is -0.408. The van der Waals surface area contributed by atoms with Gasteiger partial charge in [0, 0.05) is 17.7 Å². The van der Waals surface area contributed by atoms with E-state index in [9.17, 15) is 10.1 Å². The van der Waals surface area contributed by atoms with Crippen LogP contribution in [0.15, 0.2) is 54.6 Å². The quantitative estimate of drug-likeness (QED) is 0.607. The number of nitro groups is 1. The lowest BCUT2D eigenvalue weighted by molar-refractivity contribution is -0.384. The summed E-state index contributed by atoms with van der Waals surface area (Å²) in [5.74, 6) is 1.59. The van der Waals surface area contributed by atoms with E-state index in [1.54, 1.807) is 12.1 Å². The molecule has 3 rings (SSSR count). The van der Waals surface area contributed by atoms with Gasteiger partial charge in [0.25, 0.3) is 5.69 Å². The number of fused-ring (bicyclic) bond motifs is 1. The summed E-state index contributed by atoms with van der Waals surface area (Å²) in [6, 6.07) is 14.2. The molecule has 0 amide bonds. The van der Waals surface area contributed by atoms with Crippen molar-refractivity contribution in [3.05, 3.63) is 75.8 Å². The van der Waals surface area contributed by atoms with Crippen LogP contribution in [0.25, 0.3) is 5.76 Å². The summed E-state index contributed by atoms with van der Waals surface area (Å²) < 4.78 is 5.81. The largest absolute Gasteiger partial charge is 0.457 e. The van der Waals surface area contributed by atoms with E-state index in [1.807, 2.05) is 30.3 Å². The highest BCUT2D eigenvalue weighted by Crippen LogP contribution is 2.30. The van der Waals surface area contributed by atoms with E-state index >= 15 is 0 Å². The predicted molar refractivity (Wildman–Crippen MR) is 71.8 cm³/mol. The number of allylic oxidation sites excluding steroid dienone is 1. The molecular formula is C15H11NO3. The predicted octanol–water partition coefficient (Wildman–Crippen LogP) is 3.57. The van der Waals surface area contributed by atoms with Crippen LogP contribution in [-0.4, -0.2) is 4.92 Å². The first-order valence-corrected chi connectivity index (χ1v) is 5.95. The van der Waals surface area contributed by atoms with Crippen LogP contribution < -0.4 is 4.74 Å². The number of hydrogen-bond donors (Lipinski definition) is 0.